The predicted molar refractivity (Wildman–Crippen MR) is 71.8 cm³/mol. The number of aliphatic carboxylic acids is 1. The molecule has 0 atom stereocenters. The van der Waals surface area contributed by atoms with Gasteiger partial charge >= 0.3 is 5.97 Å². The fourth-order valence-electron chi connectivity index (χ4n) is 3.13. The molecule has 2 aliphatic rings. The first-order chi connectivity index (χ1) is 9.15. The van der Waals surface area contributed by atoms with Crippen molar-refractivity contribution in [1.82, 2.24) is 10.6 Å². The van der Waals surface area contributed by atoms with Gasteiger partial charge in [-0.3, -0.25) is 9.59 Å². The molecule has 0 aromatic rings. The highest BCUT2D eigenvalue weighted by molar-refractivity contribution is 5.78. The Morgan fingerprint density at radius 3 is 2.16 bits per heavy atom. The van der Waals surface area contributed by atoms with Crippen molar-refractivity contribution in [3.05, 3.63) is 0 Å². The van der Waals surface area contributed by atoms with E-state index in [4.69, 9.17) is 5.11 Å². The maximum absolute atomic E-state index is 11.7. The molecule has 5 nitrogen and oxygen atoms in total. The Kier molecular flexibility index (Phi) is 5.19. The molecule has 0 unspecified atom stereocenters. The first kappa shape index (κ1) is 14.3. The van der Waals surface area contributed by atoms with Crippen molar-refractivity contribution in [1.29, 1.82) is 0 Å². The lowest BCUT2D eigenvalue weighted by Crippen LogP contribution is -2.43. The molecule has 2 saturated carbocycles. The lowest BCUT2D eigenvalue weighted by molar-refractivity contribution is -0.143. The molecule has 2 aliphatic carbocycles. The third-order valence-electron chi connectivity index (χ3n) is 4.35. The monoisotopic (exact) mass is 268 g/mol. The van der Waals surface area contributed by atoms with Gasteiger partial charge in [0.05, 0.1) is 12.5 Å². The van der Waals surface area contributed by atoms with Crippen molar-refractivity contribution < 1.29 is 14.7 Å². The first-order valence-electron chi connectivity index (χ1n) is 7.40. The van der Waals surface area contributed by atoms with Crippen molar-refractivity contribution in [2.45, 2.75) is 63.5 Å². The third kappa shape index (κ3) is 4.49. The van der Waals surface area contributed by atoms with Crippen molar-refractivity contribution >= 4 is 11.9 Å². The second kappa shape index (κ2) is 6.89. The van der Waals surface area contributed by atoms with Gasteiger partial charge in [0.25, 0.3) is 0 Å². The highest BCUT2D eigenvalue weighted by atomic mass is 16.4. The van der Waals surface area contributed by atoms with Gasteiger partial charge in [0.2, 0.25) is 5.91 Å². The summed E-state index contributed by atoms with van der Waals surface area (Å²) < 4.78 is 0. The predicted octanol–water partition coefficient (Wildman–Crippen LogP) is 1.28. The number of amides is 1. The van der Waals surface area contributed by atoms with Crippen LogP contribution < -0.4 is 10.6 Å². The maximum Gasteiger partial charge on any atom is 0.306 e. The van der Waals surface area contributed by atoms with Gasteiger partial charge in [-0.2, -0.15) is 0 Å². The number of carbonyl (C=O) groups excluding carboxylic acids is 1. The summed E-state index contributed by atoms with van der Waals surface area (Å²) in [6.07, 6.45) is 7.80. The second-order valence-corrected chi connectivity index (χ2v) is 5.82. The van der Waals surface area contributed by atoms with Crippen LogP contribution in [0.2, 0.25) is 0 Å². The molecule has 0 radical (unpaired) electrons. The summed E-state index contributed by atoms with van der Waals surface area (Å²) in [5.74, 6) is -0.796. The highest BCUT2D eigenvalue weighted by Crippen LogP contribution is 2.24. The lowest BCUT2D eigenvalue weighted by atomic mass is 9.86. The highest BCUT2D eigenvalue weighted by Gasteiger charge is 2.26. The fourth-order valence-corrected chi connectivity index (χ4v) is 3.13. The smallest absolute Gasteiger partial charge is 0.306 e. The van der Waals surface area contributed by atoms with E-state index in [2.05, 4.69) is 10.6 Å². The van der Waals surface area contributed by atoms with Crippen LogP contribution in [0.5, 0.6) is 0 Å². The van der Waals surface area contributed by atoms with Crippen LogP contribution in [0.4, 0.5) is 0 Å². The van der Waals surface area contributed by atoms with Crippen LogP contribution in [0.3, 0.4) is 0 Å². The molecule has 2 fully saturated rings. The number of carboxylic acids is 1. The number of hydrogen-bond acceptors (Lipinski definition) is 3. The molecule has 0 bridgehead atoms. The van der Waals surface area contributed by atoms with Gasteiger partial charge in [0.1, 0.15) is 0 Å². The fraction of sp³-hybridized carbons (Fsp3) is 0.857. The Morgan fingerprint density at radius 1 is 0.947 bits per heavy atom. The molecule has 1 amide bonds. The zero-order valence-electron chi connectivity index (χ0n) is 11.4. The Bertz CT molecular complexity index is 319. The topological polar surface area (TPSA) is 78.4 Å². The molecular weight excluding hydrogens is 244 g/mol. The molecule has 0 saturated heterocycles. The Balaban J connectivity index is 1.60. The number of rotatable bonds is 5. The second-order valence-electron chi connectivity index (χ2n) is 5.82. The minimum Gasteiger partial charge on any atom is -0.481 e. The van der Waals surface area contributed by atoms with Gasteiger partial charge in [-0.25, -0.2) is 0 Å². The van der Waals surface area contributed by atoms with E-state index in [-0.39, 0.29) is 11.8 Å². The van der Waals surface area contributed by atoms with E-state index in [0.717, 1.165) is 38.5 Å². The van der Waals surface area contributed by atoms with Crippen LogP contribution in [0.25, 0.3) is 0 Å². The molecule has 19 heavy (non-hydrogen) atoms. The van der Waals surface area contributed by atoms with Gasteiger partial charge in [0.15, 0.2) is 0 Å². The van der Waals surface area contributed by atoms with Crippen molar-refractivity contribution in [3.8, 4) is 0 Å². The van der Waals surface area contributed by atoms with Crippen LogP contribution in [0.1, 0.15) is 51.4 Å². The van der Waals surface area contributed by atoms with E-state index in [9.17, 15) is 9.59 Å². The van der Waals surface area contributed by atoms with Gasteiger partial charge in [-0.1, -0.05) is 12.8 Å². The molecule has 108 valence electrons. The summed E-state index contributed by atoms with van der Waals surface area (Å²) in [4.78, 5) is 22.6. The zero-order valence-corrected chi connectivity index (χ0v) is 11.4. The molecule has 0 spiro atoms. The molecule has 5 heteroatoms. The molecule has 0 aromatic heterocycles. The Hall–Kier alpha value is -1.10. The van der Waals surface area contributed by atoms with Crippen molar-refractivity contribution in [3.63, 3.8) is 0 Å². The van der Waals surface area contributed by atoms with Crippen LogP contribution >= 0.6 is 0 Å². The minimum absolute atomic E-state index is 0.0762. The van der Waals surface area contributed by atoms with E-state index < -0.39 is 5.97 Å². The van der Waals surface area contributed by atoms with Crippen molar-refractivity contribution in [2.24, 2.45) is 5.92 Å². The number of hydrogen-bond donors (Lipinski definition) is 3. The van der Waals surface area contributed by atoms with Gasteiger partial charge in [-0.15, -0.1) is 0 Å². The lowest BCUT2D eigenvalue weighted by Gasteiger charge is -2.27. The molecule has 3 N–H and O–H groups in total. The van der Waals surface area contributed by atoms with Gasteiger partial charge in [0, 0.05) is 12.1 Å². The summed E-state index contributed by atoms with van der Waals surface area (Å²) in [5, 5.41) is 15.2. The average molecular weight is 268 g/mol. The molecule has 2 rings (SSSR count). The van der Waals surface area contributed by atoms with E-state index in [0.29, 0.717) is 18.6 Å². The van der Waals surface area contributed by atoms with E-state index >= 15 is 0 Å². The molecule has 0 aromatic carbocycles. The van der Waals surface area contributed by atoms with Gasteiger partial charge in [-0.05, 0) is 38.5 Å². The van der Waals surface area contributed by atoms with E-state index in [1.54, 1.807) is 0 Å². The van der Waals surface area contributed by atoms with Gasteiger partial charge < -0.3 is 15.7 Å². The Morgan fingerprint density at radius 2 is 1.58 bits per heavy atom. The molecular formula is C14H24N2O3. The van der Waals surface area contributed by atoms with Crippen LogP contribution in [0.15, 0.2) is 0 Å². The largest absolute Gasteiger partial charge is 0.481 e. The van der Waals surface area contributed by atoms with Crippen molar-refractivity contribution in [2.75, 3.05) is 6.54 Å². The van der Waals surface area contributed by atoms with E-state index in [1.807, 2.05) is 0 Å². The minimum atomic E-state index is -0.683. The molecule has 0 aliphatic heterocycles. The number of nitrogens with one attached hydrogen (secondary N) is 2. The number of carbonyl (C=O) groups is 2. The van der Waals surface area contributed by atoms with Crippen LogP contribution in [-0.2, 0) is 9.59 Å². The average Bonchev–Trinajstić information content (AvgIpc) is 2.89. The zero-order chi connectivity index (χ0) is 13.7. The summed E-state index contributed by atoms with van der Waals surface area (Å²) in [6, 6.07) is 0.668. The Labute approximate surface area is 114 Å². The third-order valence-corrected chi connectivity index (χ3v) is 4.35. The van der Waals surface area contributed by atoms with E-state index in [1.165, 1.54) is 12.8 Å². The summed E-state index contributed by atoms with van der Waals surface area (Å²) in [6.45, 7) is 0.360. The summed E-state index contributed by atoms with van der Waals surface area (Å²) in [7, 11) is 0. The number of carboxylic acid groups (broad SMARTS) is 1. The quantitative estimate of drug-likeness (QED) is 0.702. The normalized spacial score (nSPS) is 28.2. The van der Waals surface area contributed by atoms with Crippen LogP contribution in [0, 0.1) is 5.92 Å². The molecule has 0 heterocycles. The standard InChI is InChI=1S/C14H24N2O3/c17-13(16-12-3-1-2-4-12)9-15-11-7-5-10(6-8-11)14(18)19/h10-12,15H,1-9H2,(H,16,17)(H,18,19). The first-order valence-corrected chi connectivity index (χ1v) is 7.40. The summed E-state index contributed by atoms with van der Waals surface area (Å²) in [5.41, 5.74) is 0. The SMILES string of the molecule is O=C(CNC1CCC(C(=O)O)CC1)NC1CCCC1. The summed E-state index contributed by atoms with van der Waals surface area (Å²) >= 11 is 0. The van der Waals surface area contributed by atoms with Crippen LogP contribution in [-0.4, -0.2) is 35.6 Å². The maximum atomic E-state index is 11.7.